The summed E-state index contributed by atoms with van der Waals surface area (Å²) >= 11 is 1.72. The van der Waals surface area contributed by atoms with E-state index in [-0.39, 0.29) is 5.57 Å². The molecule has 0 spiro atoms. The molecule has 0 atom stereocenters. The summed E-state index contributed by atoms with van der Waals surface area (Å²) in [6, 6.07) is 18.8. The number of barbiturate groups is 1. The van der Waals surface area contributed by atoms with Crippen LogP contribution >= 0.6 is 11.8 Å². The number of hydrogen-bond donors (Lipinski definition) is 2. The Morgan fingerprint density at radius 3 is 2.44 bits per heavy atom. The summed E-state index contributed by atoms with van der Waals surface area (Å²) in [5.74, 6) is 0.285. The number of methoxy groups -OCH3 is 1. The van der Waals surface area contributed by atoms with Crippen LogP contribution in [0.3, 0.4) is 0 Å². The fraction of sp³-hybridized carbons (Fsp3) is 0.125. The van der Waals surface area contributed by atoms with Gasteiger partial charge in [0.1, 0.15) is 5.57 Å². The van der Waals surface area contributed by atoms with E-state index in [0.29, 0.717) is 23.7 Å². The van der Waals surface area contributed by atoms with Crippen molar-refractivity contribution in [3.8, 4) is 11.5 Å². The first-order valence-electron chi connectivity index (χ1n) is 9.85. The van der Waals surface area contributed by atoms with Gasteiger partial charge >= 0.3 is 6.03 Å². The molecule has 7 nitrogen and oxygen atoms in total. The average molecular weight is 449 g/mol. The van der Waals surface area contributed by atoms with Gasteiger partial charge in [-0.3, -0.25) is 20.2 Å². The Morgan fingerprint density at radius 1 is 0.906 bits per heavy atom. The smallest absolute Gasteiger partial charge is 0.328 e. The maximum Gasteiger partial charge on any atom is 0.328 e. The first-order chi connectivity index (χ1) is 15.5. The topological polar surface area (TPSA) is 93.7 Å². The number of fused-ring (bicyclic) bond motifs is 1. The highest BCUT2D eigenvalue weighted by atomic mass is 32.2. The van der Waals surface area contributed by atoms with Crippen molar-refractivity contribution in [2.75, 3.05) is 19.5 Å². The second kappa shape index (κ2) is 9.57. The van der Waals surface area contributed by atoms with Crippen LogP contribution in [0.5, 0.6) is 11.5 Å². The van der Waals surface area contributed by atoms with Crippen molar-refractivity contribution in [2.24, 2.45) is 0 Å². The molecule has 1 heterocycles. The van der Waals surface area contributed by atoms with Crippen LogP contribution in [0.4, 0.5) is 4.79 Å². The van der Waals surface area contributed by atoms with Crippen LogP contribution in [0.25, 0.3) is 16.8 Å². The molecular formula is C24H20N2O5S. The lowest BCUT2D eigenvalue weighted by Crippen LogP contribution is -2.51. The summed E-state index contributed by atoms with van der Waals surface area (Å²) in [6.07, 6.45) is 1.39. The molecule has 1 aliphatic heterocycles. The van der Waals surface area contributed by atoms with Crippen LogP contribution in [0.15, 0.2) is 71.1 Å². The van der Waals surface area contributed by atoms with Gasteiger partial charge in [-0.25, -0.2) is 4.79 Å². The van der Waals surface area contributed by atoms with E-state index in [2.05, 4.69) is 24.3 Å². The predicted molar refractivity (Wildman–Crippen MR) is 123 cm³/mol. The number of hydrogen-bond acceptors (Lipinski definition) is 6. The van der Waals surface area contributed by atoms with E-state index in [1.54, 1.807) is 30.0 Å². The molecule has 1 saturated heterocycles. The Kier molecular flexibility index (Phi) is 6.42. The molecule has 3 aromatic carbocycles. The van der Waals surface area contributed by atoms with Gasteiger partial charge in [-0.05, 0) is 40.6 Å². The first kappa shape index (κ1) is 21.5. The molecule has 32 heavy (non-hydrogen) atoms. The summed E-state index contributed by atoms with van der Waals surface area (Å²) in [5, 5.41) is 6.50. The van der Waals surface area contributed by atoms with E-state index in [9.17, 15) is 14.4 Å². The highest BCUT2D eigenvalue weighted by molar-refractivity contribution is 7.99. The summed E-state index contributed by atoms with van der Waals surface area (Å²) in [5.41, 5.74) is 0.404. The van der Waals surface area contributed by atoms with Crippen LogP contribution in [0.1, 0.15) is 5.56 Å². The van der Waals surface area contributed by atoms with Gasteiger partial charge in [-0.1, -0.05) is 42.5 Å². The van der Waals surface area contributed by atoms with Crippen LogP contribution in [-0.2, 0) is 9.59 Å². The monoisotopic (exact) mass is 448 g/mol. The average Bonchev–Trinajstić information content (AvgIpc) is 2.79. The van der Waals surface area contributed by atoms with Gasteiger partial charge < -0.3 is 9.47 Å². The lowest BCUT2D eigenvalue weighted by Gasteiger charge is -2.15. The molecule has 0 radical (unpaired) electrons. The summed E-state index contributed by atoms with van der Waals surface area (Å²) in [4.78, 5) is 36.2. The number of amides is 4. The fourth-order valence-corrected chi connectivity index (χ4v) is 4.19. The minimum atomic E-state index is -0.833. The van der Waals surface area contributed by atoms with Gasteiger partial charge in [0.25, 0.3) is 11.8 Å². The maximum absolute atomic E-state index is 11.9. The highest BCUT2D eigenvalue weighted by Crippen LogP contribution is 2.31. The molecule has 1 fully saturated rings. The summed E-state index contributed by atoms with van der Waals surface area (Å²) in [7, 11) is 1.52. The normalized spacial score (nSPS) is 13.5. The quantitative estimate of drug-likeness (QED) is 0.247. The molecule has 0 aromatic heterocycles. The lowest BCUT2D eigenvalue weighted by molar-refractivity contribution is -0.123. The zero-order chi connectivity index (χ0) is 22.5. The van der Waals surface area contributed by atoms with E-state index in [1.807, 2.05) is 28.8 Å². The molecule has 0 aliphatic carbocycles. The van der Waals surface area contributed by atoms with Gasteiger partial charge in [-0.15, -0.1) is 11.8 Å². The van der Waals surface area contributed by atoms with E-state index >= 15 is 0 Å². The van der Waals surface area contributed by atoms with Crippen molar-refractivity contribution in [3.63, 3.8) is 0 Å². The highest BCUT2D eigenvalue weighted by Gasteiger charge is 2.27. The number of ether oxygens (including phenoxy) is 2. The van der Waals surface area contributed by atoms with Gasteiger partial charge in [-0.2, -0.15) is 0 Å². The van der Waals surface area contributed by atoms with Crippen molar-refractivity contribution in [1.29, 1.82) is 0 Å². The molecule has 0 bridgehead atoms. The number of rotatable bonds is 7. The third-order valence-corrected chi connectivity index (χ3v) is 5.83. The van der Waals surface area contributed by atoms with Crippen LogP contribution in [-0.4, -0.2) is 37.3 Å². The fourth-order valence-electron chi connectivity index (χ4n) is 3.29. The van der Waals surface area contributed by atoms with Crippen molar-refractivity contribution in [1.82, 2.24) is 10.6 Å². The number of carbonyl (C=O) groups excluding carboxylic acids is 3. The van der Waals surface area contributed by atoms with E-state index in [0.717, 1.165) is 5.75 Å². The first-order valence-corrected chi connectivity index (χ1v) is 10.8. The Hall–Kier alpha value is -3.78. The molecule has 0 saturated carbocycles. The molecule has 8 heteroatoms. The molecule has 162 valence electrons. The van der Waals surface area contributed by atoms with Gasteiger partial charge in [0.2, 0.25) is 0 Å². The third-order valence-electron chi connectivity index (χ3n) is 4.79. The molecule has 2 N–H and O–H groups in total. The van der Waals surface area contributed by atoms with Crippen LogP contribution < -0.4 is 20.1 Å². The standard InChI is InChI=1S/C24H20N2O5S/c1-30-20-14-15(13-18-22(27)25-24(29)26-23(18)28)9-10-19(20)31-11-12-32-21-8-4-6-16-5-2-3-7-17(16)21/h2-10,13-14H,11-12H2,1H3,(H2,25,26,27,28,29). The molecule has 1 aliphatic rings. The Morgan fingerprint density at radius 2 is 1.66 bits per heavy atom. The van der Waals surface area contributed by atoms with Gasteiger partial charge in [0.15, 0.2) is 11.5 Å². The number of imide groups is 2. The number of nitrogens with one attached hydrogen (secondary N) is 2. The maximum atomic E-state index is 11.9. The second-order valence-electron chi connectivity index (χ2n) is 6.88. The van der Waals surface area contributed by atoms with Gasteiger partial charge in [0, 0.05) is 10.6 Å². The van der Waals surface area contributed by atoms with Crippen molar-refractivity contribution >= 4 is 46.5 Å². The van der Waals surface area contributed by atoms with E-state index < -0.39 is 17.8 Å². The molecule has 4 rings (SSSR count). The molecule has 3 aromatic rings. The zero-order valence-electron chi connectivity index (χ0n) is 17.2. The van der Waals surface area contributed by atoms with E-state index in [4.69, 9.17) is 9.47 Å². The molecule has 0 unspecified atom stereocenters. The van der Waals surface area contributed by atoms with Crippen molar-refractivity contribution in [3.05, 3.63) is 71.8 Å². The Bertz CT molecular complexity index is 1210. The number of urea groups is 1. The van der Waals surface area contributed by atoms with Crippen molar-refractivity contribution < 1.29 is 23.9 Å². The number of benzene rings is 3. The Balaban J connectivity index is 1.41. The van der Waals surface area contributed by atoms with Crippen LogP contribution in [0.2, 0.25) is 0 Å². The third kappa shape index (κ3) is 4.76. The molecular weight excluding hydrogens is 428 g/mol. The van der Waals surface area contributed by atoms with Crippen LogP contribution in [0, 0.1) is 0 Å². The lowest BCUT2D eigenvalue weighted by atomic mass is 10.1. The summed E-state index contributed by atoms with van der Waals surface area (Å²) < 4.78 is 11.3. The SMILES string of the molecule is COc1cc(C=C2C(=O)NC(=O)NC2=O)ccc1OCCSc1cccc2ccccc12. The zero-order valence-corrected chi connectivity index (χ0v) is 18.0. The summed E-state index contributed by atoms with van der Waals surface area (Å²) in [6.45, 7) is 0.470. The van der Waals surface area contributed by atoms with E-state index in [1.165, 1.54) is 28.9 Å². The number of carbonyl (C=O) groups is 3. The Labute approximate surface area is 188 Å². The minimum Gasteiger partial charge on any atom is -0.493 e. The minimum absolute atomic E-state index is 0.160. The van der Waals surface area contributed by atoms with Crippen molar-refractivity contribution in [2.45, 2.75) is 4.90 Å². The van der Waals surface area contributed by atoms with Gasteiger partial charge in [0.05, 0.1) is 13.7 Å². The second-order valence-corrected chi connectivity index (χ2v) is 8.02. The predicted octanol–water partition coefficient (Wildman–Crippen LogP) is 3.77. The largest absolute Gasteiger partial charge is 0.493 e. The number of thioether (sulfide) groups is 1. The molecule has 4 amide bonds.